The van der Waals surface area contributed by atoms with Crippen LogP contribution >= 0.6 is 0 Å². The fourth-order valence-electron chi connectivity index (χ4n) is 2.84. The summed E-state index contributed by atoms with van der Waals surface area (Å²) in [7, 11) is 1.68. The maximum absolute atomic E-state index is 5.17. The molecule has 0 saturated carbocycles. The highest BCUT2D eigenvalue weighted by Crippen LogP contribution is 2.18. The number of anilines is 2. The molecule has 2 heterocycles. The molecule has 1 aromatic carbocycles. The van der Waals surface area contributed by atoms with Gasteiger partial charge in [-0.15, -0.1) is 0 Å². The van der Waals surface area contributed by atoms with Crippen LogP contribution in [-0.4, -0.2) is 36.7 Å². The highest BCUT2D eigenvalue weighted by Gasteiger charge is 2.12. The van der Waals surface area contributed by atoms with Gasteiger partial charge in [-0.05, 0) is 49.4 Å². The molecule has 1 aromatic heterocycles. The van der Waals surface area contributed by atoms with Crippen molar-refractivity contribution < 1.29 is 4.74 Å². The lowest BCUT2D eigenvalue weighted by molar-refractivity contribution is 0.414. The number of ether oxygens (including phenoxy) is 1. The van der Waals surface area contributed by atoms with Gasteiger partial charge in [-0.25, -0.2) is 4.98 Å². The van der Waals surface area contributed by atoms with Gasteiger partial charge in [-0.1, -0.05) is 12.1 Å². The Hall–Kier alpha value is -2.30. The summed E-state index contributed by atoms with van der Waals surface area (Å²) in [6.45, 7) is 3.01. The average Bonchev–Trinajstić information content (AvgIpc) is 2.63. The number of methoxy groups -OCH3 is 1. The molecule has 0 radical (unpaired) electrons. The van der Waals surface area contributed by atoms with Crippen molar-refractivity contribution in [3.8, 4) is 5.75 Å². The van der Waals surface area contributed by atoms with Gasteiger partial charge in [0.25, 0.3) is 0 Å². The fourth-order valence-corrected chi connectivity index (χ4v) is 2.84. The number of rotatable bonds is 6. The first-order valence-corrected chi connectivity index (χ1v) is 8.30. The normalized spacial score (nSPS) is 14.6. The predicted molar refractivity (Wildman–Crippen MR) is 93.3 cm³/mol. The molecule has 1 aliphatic rings. The highest BCUT2D eigenvalue weighted by molar-refractivity contribution is 5.42. The molecule has 1 fully saturated rings. The standard InChI is InChI=1S/C18H24N4O/c1-23-16-7-5-15(6-8-16)9-11-19-18-20-12-10-17(21-18)22-13-3-2-4-14-22/h5-8,10,12H,2-4,9,11,13-14H2,1H3,(H,19,20,21). The van der Waals surface area contributed by atoms with Crippen molar-refractivity contribution in [2.75, 3.05) is 37.0 Å². The van der Waals surface area contributed by atoms with Gasteiger partial charge >= 0.3 is 0 Å². The van der Waals surface area contributed by atoms with Crippen LogP contribution in [0.25, 0.3) is 0 Å². The van der Waals surface area contributed by atoms with Crippen molar-refractivity contribution in [2.45, 2.75) is 25.7 Å². The SMILES string of the molecule is COc1ccc(CCNc2nccc(N3CCCCC3)n2)cc1. The molecule has 0 spiro atoms. The second-order valence-corrected chi connectivity index (χ2v) is 5.81. The van der Waals surface area contributed by atoms with E-state index in [0.29, 0.717) is 5.95 Å². The third kappa shape index (κ3) is 4.34. The van der Waals surface area contributed by atoms with Crippen molar-refractivity contribution >= 4 is 11.8 Å². The van der Waals surface area contributed by atoms with E-state index >= 15 is 0 Å². The third-order valence-electron chi connectivity index (χ3n) is 4.18. The van der Waals surface area contributed by atoms with Crippen molar-refractivity contribution in [3.63, 3.8) is 0 Å². The molecule has 5 nitrogen and oxygen atoms in total. The summed E-state index contributed by atoms with van der Waals surface area (Å²) >= 11 is 0. The van der Waals surface area contributed by atoms with Crippen LogP contribution in [0, 0.1) is 0 Å². The summed E-state index contributed by atoms with van der Waals surface area (Å²) < 4.78 is 5.17. The number of benzene rings is 1. The lowest BCUT2D eigenvalue weighted by atomic mass is 10.1. The molecule has 5 heteroatoms. The van der Waals surface area contributed by atoms with Crippen LogP contribution in [0.2, 0.25) is 0 Å². The van der Waals surface area contributed by atoms with Crippen LogP contribution in [0.5, 0.6) is 5.75 Å². The molecule has 0 atom stereocenters. The number of hydrogen-bond acceptors (Lipinski definition) is 5. The van der Waals surface area contributed by atoms with Crippen molar-refractivity contribution in [1.82, 2.24) is 9.97 Å². The first kappa shape index (κ1) is 15.6. The summed E-state index contributed by atoms with van der Waals surface area (Å²) in [5.74, 6) is 2.63. The minimum atomic E-state index is 0.710. The van der Waals surface area contributed by atoms with Gasteiger partial charge in [-0.3, -0.25) is 0 Å². The summed E-state index contributed by atoms with van der Waals surface area (Å²) in [5.41, 5.74) is 1.27. The van der Waals surface area contributed by atoms with Gasteiger partial charge in [-0.2, -0.15) is 4.98 Å². The number of nitrogens with zero attached hydrogens (tertiary/aromatic N) is 3. The molecule has 1 aliphatic heterocycles. The van der Waals surface area contributed by atoms with E-state index < -0.39 is 0 Å². The second-order valence-electron chi connectivity index (χ2n) is 5.81. The van der Waals surface area contributed by atoms with Crippen LogP contribution < -0.4 is 15.0 Å². The minimum Gasteiger partial charge on any atom is -0.497 e. The van der Waals surface area contributed by atoms with Crippen LogP contribution in [0.4, 0.5) is 11.8 Å². The maximum Gasteiger partial charge on any atom is 0.224 e. The monoisotopic (exact) mass is 312 g/mol. The molecular weight excluding hydrogens is 288 g/mol. The van der Waals surface area contributed by atoms with Gasteiger partial charge < -0.3 is 15.0 Å². The molecule has 0 aliphatic carbocycles. The van der Waals surface area contributed by atoms with E-state index in [9.17, 15) is 0 Å². The van der Waals surface area contributed by atoms with Gasteiger partial charge in [0.2, 0.25) is 5.95 Å². The maximum atomic E-state index is 5.17. The van der Waals surface area contributed by atoms with E-state index in [4.69, 9.17) is 4.74 Å². The van der Waals surface area contributed by atoms with Crippen LogP contribution in [0.1, 0.15) is 24.8 Å². The van der Waals surface area contributed by atoms with Gasteiger partial charge in [0.05, 0.1) is 7.11 Å². The van der Waals surface area contributed by atoms with Crippen molar-refractivity contribution in [2.24, 2.45) is 0 Å². The highest BCUT2D eigenvalue weighted by atomic mass is 16.5. The van der Waals surface area contributed by atoms with E-state index in [1.165, 1.54) is 24.8 Å². The molecule has 0 bridgehead atoms. The molecular formula is C18H24N4O. The fraction of sp³-hybridized carbons (Fsp3) is 0.444. The molecule has 1 N–H and O–H groups in total. The van der Waals surface area contributed by atoms with Gasteiger partial charge in [0.1, 0.15) is 11.6 Å². The van der Waals surface area contributed by atoms with E-state index in [1.807, 2.05) is 24.4 Å². The first-order chi connectivity index (χ1) is 11.3. The van der Waals surface area contributed by atoms with Crippen molar-refractivity contribution in [1.29, 1.82) is 0 Å². The van der Waals surface area contributed by atoms with E-state index in [-0.39, 0.29) is 0 Å². The Balaban J connectivity index is 1.53. The number of nitrogens with one attached hydrogen (secondary N) is 1. The first-order valence-electron chi connectivity index (χ1n) is 8.30. The number of piperidine rings is 1. The number of aromatic nitrogens is 2. The Labute approximate surface area is 137 Å². The Bertz CT molecular complexity index is 609. The summed E-state index contributed by atoms with van der Waals surface area (Å²) in [4.78, 5) is 11.3. The lowest BCUT2D eigenvalue weighted by Crippen LogP contribution is -2.30. The quantitative estimate of drug-likeness (QED) is 0.888. The Morgan fingerprint density at radius 3 is 2.61 bits per heavy atom. The van der Waals surface area contributed by atoms with Crippen LogP contribution in [0.3, 0.4) is 0 Å². The van der Waals surface area contributed by atoms with E-state index in [2.05, 4.69) is 32.3 Å². The second kappa shape index (κ2) is 7.81. The van der Waals surface area contributed by atoms with E-state index in [0.717, 1.165) is 37.6 Å². The Kier molecular flexibility index (Phi) is 5.29. The smallest absolute Gasteiger partial charge is 0.224 e. The summed E-state index contributed by atoms with van der Waals surface area (Å²) in [5, 5.41) is 3.32. The minimum absolute atomic E-state index is 0.710. The molecule has 1 saturated heterocycles. The predicted octanol–water partition coefficient (Wildman–Crippen LogP) is 3.13. The summed E-state index contributed by atoms with van der Waals surface area (Å²) in [6, 6.07) is 10.2. The van der Waals surface area contributed by atoms with Crippen LogP contribution in [0.15, 0.2) is 36.5 Å². The Morgan fingerprint density at radius 1 is 1.09 bits per heavy atom. The van der Waals surface area contributed by atoms with Crippen LogP contribution in [-0.2, 0) is 6.42 Å². The van der Waals surface area contributed by atoms with Gasteiger partial charge in [0, 0.05) is 25.8 Å². The third-order valence-corrected chi connectivity index (χ3v) is 4.18. The molecule has 0 amide bonds. The topological polar surface area (TPSA) is 50.3 Å². The van der Waals surface area contributed by atoms with Crippen molar-refractivity contribution in [3.05, 3.63) is 42.1 Å². The molecule has 3 rings (SSSR count). The molecule has 122 valence electrons. The Morgan fingerprint density at radius 2 is 1.87 bits per heavy atom. The van der Waals surface area contributed by atoms with Gasteiger partial charge in [0.15, 0.2) is 0 Å². The largest absolute Gasteiger partial charge is 0.497 e. The molecule has 0 unspecified atom stereocenters. The zero-order valence-corrected chi connectivity index (χ0v) is 13.7. The lowest BCUT2D eigenvalue weighted by Gasteiger charge is -2.27. The molecule has 23 heavy (non-hydrogen) atoms. The average molecular weight is 312 g/mol. The summed E-state index contributed by atoms with van der Waals surface area (Å²) in [6.07, 6.45) is 6.61. The zero-order valence-electron chi connectivity index (χ0n) is 13.7. The molecule has 2 aromatic rings. The number of hydrogen-bond donors (Lipinski definition) is 1. The zero-order chi connectivity index (χ0) is 15.9. The van der Waals surface area contributed by atoms with E-state index in [1.54, 1.807) is 7.11 Å².